The third-order valence-electron chi connectivity index (χ3n) is 5.73. The molecule has 4 heterocycles. The van der Waals surface area contributed by atoms with Crippen LogP contribution in [0.4, 0.5) is 11.6 Å². The monoisotopic (exact) mass is 569 g/mol. The van der Waals surface area contributed by atoms with Gasteiger partial charge < -0.3 is 15.1 Å². The van der Waals surface area contributed by atoms with Crippen molar-refractivity contribution in [3.63, 3.8) is 0 Å². The van der Waals surface area contributed by atoms with Gasteiger partial charge in [0.15, 0.2) is 0 Å². The van der Waals surface area contributed by atoms with Crippen molar-refractivity contribution in [1.82, 2.24) is 14.7 Å². The molecule has 13 heteroatoms. The Kier molecular flexibility index (Phi) is 8.23. The van der Waals surface area contributed by atoms with Gasteiger partial charge in [-0.1, -0.05) is 36.2 Å². The zero-order chi connectivity index (χ0) is 25.9. The highest BCUT2D eigenvalue weighted by Crippen LogP contribution is 2.35. The molecule has 0 atom stereocenters. The number of aryl methyl sites for hydroxylation is 1. The van der Waals surface area contributed by atoms with Crippen molar-refractivity contribution in [2.24, 2.45) is 5.92 Å². The van der Waals surface area contributed by atoms with E-state index in [9.17, 15) is 13.2 Å². The molecule has 192 valence electrons. The van der Waals surface area contributed by atoms with Gasteiger partial charge in [0.2, 0.25) is 21.8 Å². The minimum Gasteiger partial charge on any atom is -0.441 e. The molecule has 1 aliphatic heterocycles. The number of carbonyl (C=O) groups is 1. The van der Waals surface area contributed by atoms with E-state index < -0.39 is 21.8 Å². The van der Waals surface area contributed by atoms with E-state index >= 15 is 0 Å². The smallest absolute Gasteiger partial charge is 0.238 e. The molecule has 36 heavy (non-hydrogen) atoms. The highest BCUT2D eigenvalue weighted by atomic mass is 35.5. The van der Waals surface area contributed by atoms with Crippen LogP contribution in [-0.4, -0.2) is 43.1 Å². The van der Waals surface area contributed by atoms with Crippen molar-refractivity contribution in [2.75, 3.05) is 29.5 Å². The van der Waals surface area contributed by atoms with Crippen LogP contribution in [0.1, 0.15) is 30.4 Å². The topological polar surface area (TPSA) is 131 Å². The number of nitrogen functional groups attached to an aromatic ring is 1. The molecule has 3 aromatic rings. The second kappa shape index (κ2) is 11.2. The van der Waals surface area contributed by atoms with Crippen molar-refractivity contribution in [1.29, 1.82) is 0 Å². The lowest BCUT2D eigenvalue weighted by atomic mass is 9.96. The van der Waals surface area contributed by atoms with Gasteiger partial charge in [0.05, 0.1) is 26.9 Å². The number of nitrogens with one attached hydrogen (secondary N) is 1. The molecule has 3 aromatic heterocycles. The van der Waals surface area contributed by atoms with Gasteiger partial charge in [-0.3, -0.25) is 9.52 Å². The molecule has 4 rings (SSSR count). The fraction of sp³-hybridized carbons (Fsp3) is 0.348. The molecular weight excluding hydrogens is 545 g/mol. The molecule has 0 bridgehead atoms. The highest BCUT2D eigenvalue weighted by Gasteiger charge is 2.29. The number of aromatic nitrogens is 2. The molecule has 0 aliphatic carbocycles. The number of carbonyl (C=O) groups excluding carboxylic acids is 1. The molecule has 1 amide bonds. The summed E-state index contributed by atoms with van der Waals surface area (Å²) >= 11 is 13.7. The van der Waals surface area contributed by atoms with Crippen molar-refractivity contribution in [3.8, 4) is 11.5 Å². The summed E-state index contributed by atoms with van der Waals surface area (Å²) in [6.45, 7) is 2.91. The number of oxazole rings is 1. The maximum absolute atomic E-state index is 12.6. The average Bonchev–Trinajstić information content (AvgIpc) is 3.49. The number of nitrogens with zero attached hydrogens (tertiary/aromatic N) is 3. The Labute approximate surface area is 223 Å². The second-order valence-corrected chi connectivity index (χ2v) is 12.2. The number of nitrogens with two attached hydrogens (primary N) is 1. The predicted molar refractivity (Wildman–Crippen MR) is 144 cm³/mol. The van der Waals surface area contributed by atoms with E-state index in [-0.39, 0.29) is 11.6 Å². The number of thiophene rings is 1. The second-order valence-electron chi connectivity index (χ2n) is 8.27. The first-order valence-electron chi connectivity index (χ1n) is 11.3. The Morgan fingerprint density at radius 3 is 2.72 bits per heavy atom. The molecule has 1 saturated heterocycles. The van der Waals surface area contributed by atoms with Crippen LogP contribution in [0.3, 0.4) is 0 Å². The number of pyridine rings is 1. The molecule has 0 aromatic carbocycles. The van der Waals surface area contributed by atoms with Gasteiger partial charge >= 0.3 is 0 Å². The van der Waals surface area contributed by atoms with Gasteiger partial charge in [-0.15, -0.1) is 11.3 Å². The third kappa shape index (κ3) is 6.39. The number of amides is 1. The number of anilines is 2. The van der Waals surface area contributed by atoms with Crippen LogP contribution in [-0.2, 0) is 21.2 Å². The Bertz CT molecular complexity index is 1380. The molecular formula is C23H25Cl2N5O4S2. The first-order chi connectivity index (χ1) is 17.1. The van der Waals surface area contributed by atoms with Gasteiger partial charge in [-0.2, -0.15) is 0 Å². The summed E-state index contributed by atoms with van der Waals surface area (Å²) in [5, 5.41) is 0.389. The van der Waals surface area contributed by atoms with Crippen LogP contribution in [0.5, 0.6) is 0 Å². The van der Waals surface area contributed by atoms with Crippen LogP contribution < -0.4 is 15.4 Å². The lowest BCUT2D eigenvalue weighted by Crippen LogP contribution is -2.43. The Balaban J connectivity index is 1.34. The zero-order valence-electron chi connectivity index (χ0n) is 19.4. The van der Waals surface area contributed by atoms with Crippen LogP contribution in [0.15, 0.2) is 34.9 Å². The Morgan fingerprint density at radius 1 is 1.33 bits per heavy atom. The first kappa shape index (κ1) is 26.5. The van der Waals surface area contributed by atoms with Crippen molar-refractivity contribution in [3.05, 3.63) is 50.5 Å². The summed E-state index contributed by atoms with van der Waals surface area (Å²) in [7, 11) is -3.80. The number of piperidine rings is 1. The summed E-state index contributed by atoms with van der Waals surface area (Å²) in [5.41, 5.74) is 6.68. The fourth-order valence-electron chi connectivity index (χ4n) is 3.82. The lowest BCUT2D eigenvalue weighted by molar-refractivity contribution is -0.123. The van der Waals surface area contributed by atoms with Crippen molar-refractivity contribution >= 4 is 68.2 Å². The van der Waals surface area contributed by atoms with Gasteiger partial charge in [-0.05, 0) is 37.1 Å². The van der Waals surface area contributed by atoms with E-state index in [1.54, 1.807) is 30.5 Å². The Hall–Kier alpha value is -2.60. The summed E-state index contributed by atoms with van der Waals surface area (Å²) in [6.07, 6.45) is 6.40. The van der Waals surface area contributed by atoms with Gasteiger partial charge in [0.25, 0.3) is 0 Å². The maximum atomic E-state index is 12.6. The third-order valence-corrected chi connectivity index (χ3v) is 8.35. The van der Waals surface area contributed by atoms with Crippen molar-refractivity contribution in [2.45, 2.75) is 26.2 Å². The van der Waals surface area contributed by atoms with E-state index in [1.165, 1.54) is 17.4 Å². The van der Waals surface area contributed by atoms with Gasteiger partial charge in [0, 0.05) is 30.3 Å². The molecule has 0 spiro atoms. The zero-order valence-corrected chi connectivity index (χ0v) is 22.6. The molecule has 3 N–H and O–H groups in total. The molecule has 1 fully saturated rings. The fourth-order valence-corrected chi connectivity index (χ4v) is 5.99. The number of halogens is 2. The molecule has 0 radical (unpaired) electrons. The average molecular weight is 571 g/mol. The minimum atomic E-state index is -3.80. The highest BCUT2D eigenvalue weighted by molar-refractivity contribution is 7.90. The molecule has 0 saturated carbocycles. The summed E-state index contributed by atoms with van der Waals surface area (Å²) < 4.78 is 33.2. The molecule has 1 aliphatic rings. The quantitative estimate of drug-likeness (QED) is 0.401. The van der Waals surface area contributed by atoms with Crippen LogP contribution in [0.25, 0.3) is 17.5 Å². The van der Waals surface area contributed by atoms with E-state index in [0.717, 1.165) is 10.6 Å². The molecule has 9 nitrogen and oxygen atoms in total. The summed E-state index contributed by atoms with van der Waals surface area (Å²) in [5.74, 6) is 0.584. The minimum absolute atomic E-state index is 0.239. The number of sulfonamides is 1. The van der Waals surface area contributed by atoms with Gasteiger partial charge in [-0.25, -0.2) is 18.4 Å². The van der Waals surface area contributed by atoms with Gasteiger partial charge in [0.1, 0.15) is 17.4 Å². The largest absolute Gasteiger partial charge is 0.441 e. The summed E-state index contributed by atoms with van der Waals surface area (Å²) in [4.78, 5) is 24.1. The van der Waals surface area contributed by atoms with E-state index in [1.807, 2.05) is 11.8 Å². The number of rotatable bonds is 8. The van der Waals surface area contributed by atoms with E-state index in [2.05, 4.69) is 14.7 Å². The first-order valence-corrected chi connectivity index (χ1v) is 14.5. The van der Waals surface area contributed by atoms with Crippen LogP contribution in [0, 0.1) is 5.92 Å². The van der Waals surface area contributed by atoms with Crippen LogP contribution in [0.2, 0.25) is 9.36 Å². The SMILES string of the molecule is CCc1cnc(-c2cc(Cl)c(N3CCC(C(=O)NS(=O)(=O)CC=Cc4ccc(Cl)s4)CC3)nc2N)o1. The van der Waals surface area contributed by atoms with Crippen molar-refractivity contribution < 1.29 is 17.6 Å². The lowest BCUT2D eigenvalue weighted by Gasteiger charge is -2.32. The van der Waals surface area contributed by atoms with Crippen LogP contribution >= 0.6 is 34.5 Å². The summed E-state index contributed by atoms with van der Waals surface area (Å²) in [6, 6.07) is 5.20. The van der Waals surface area contributed by atoms with E-state index in [4.69, 9.17) is 33.4 Å². The predicted octanol–water partition coefficient (Wildman–Crippen LogP) is 4.63. The standard InChI is InChI=1S/C23H25Cl2N5O4S2/c1-2-15-13-27-23(34-15)17-12-18(24)21(28-20(17)26)30-9-7-14(8-10-30)22(31)29-36(32,33)11-3-4-16-5-6-19(25)35-16/h3-6,12-14H,2,7-11H2,1H3,(H2,26,28)(H,29,31). The maximum Gasteiger partial charge on any atom is 0.238 e. The number of hydrogen-bond donors (Lipinski definition) is 2. The number of hydrogen-bond acceptors (Lipinski definition) is 9. The molecule has 0 unspecified atom stereocenters. The van der Waals surface area contributed by atoms with E-state index in [0.29, 0.717) is 59.0 Å². The normalized spacial score (nSPS) is 15.0. The Morgan fingerprint density at radius 2 is 2.08 bits per heavy atom.